The summed E-state index contributed by atoms with van der Waals surface area (Å²) in [6.07, 6.45) is 2.77. The van der Waals surface area contributed by atoms with E-state index in [0.29, 0.717) is 6.04 Å². The van der Waals surface area contributed by atoms with Crippen molar-refractivity contribution in [2.45, 2.75) is 38.0 Å². The molecule has 3 atom stereocenters. The normalized spacial score (nSPS) is 31.4. The molecule has 3 unspecified atom stereocenters. The number of fused-ring (bicyclic) bond motifs is 1. The molecule has 3 nitrogen and oxygen atoms in total. The molecule has 0 radical (unpaired) electrons. The summed E-state index contributed by atoms with van der Waals surface area (Å²) in [7, 11) is 0. The van der Waals surface area contributed by atoms with Gasteiger partial charge in [0.25, 0.3) is 0 Å². The molecule has 1 aromatic rings. The Bertz CT molecular complexity index is 393. The van der Waals surface area contributed by atoms with Gasteiger partial charge in [-0.1, -0.05) is 0 Å². The lowest BCUT2D eigenvalue weighted by Crippen LogP contribution is -2.49. The van der Waals surface area contributed by atoms with E-state index in [9.17, 15) is 0 Å². The predicted molar refractivity (Wildman–Crippen MR) is 70.3 cm³/mol. The first-order valence-corrected chi connectivity index (χ1v) is 7.29. The second kappa shape index (κ2) is 4.69. The third kappa shape index (κ3) is 2.15. The number of rotatable bonds is 2. The fourth-order valence-electron chi connectivity index (χ4n) is 3.00. The molecule has 1 aromatic heterocycles. The summed E-state index contributed by atoms with van der Waals surface area (Å²) < 4.78 is 5.97. The first kappa shape index (κ1) is 11.7. The average molecular weight is 252 g/mol. The molecule has 3 rings (SSSR count). The number of hydrogen-bond acceptors (Lipinski definition) is 4. The fourth-order valence-corrected chi connectivity index (χ4v) is 3.76. The van der Waals surface area contributed by atoms with Gasteiger partial charge in [-0.3, -0.25) is 4.90 Å². The van der Waals surface area contributed by atoms with E-state index >= 15 is 0 Å². The van der Waals surface area contributed by atoms with Crippen LogP contribution in [0.5, 0.6) is 0 Å². The summed E-state index contributed by atoms with van der Waals surface area (Å²) in [5.41, 5.74) is 7.61. The Hall–Kier alpha value is -0.420. The average Bonchev–Trinajstić information content (AvgIpc) is 2.95. The molecule has 2 aliphatic rings. The van der Waals surface area contributed by atoms with E-state index < -0.39 is 0 Å². The van der Waals surface area contributed by atoms with E-state index in [1.165, 1.54) is 29.8 Å². The summed E-state index contributed by atoms with van der Waals surface area (Å²) in [5.74, 6) is 0. The second-order valence-electron chi connectivity index (χ2n) is 5.12. The minimum Gasteiger partial charge on any atom is -0.373 e. The molecule has 0 saturated carbocycles. The minimum absolute atomic E-state index is 0.0304. The largest absolute Gasteiger partial charge is 0.373 e. The molecule has 0 amide bonds. The van der Waals surface area contributed by atoms with Crippen LogP contribution in [0, 0.1) is 6.92 Å². The number of ether oxygens (including phenoxy) is 1. The summed E-state index contributed by atoms with van der Waals surface area (Å²) in [6.45, 7) is 5.23. The zero-order valence-electron chi connectivity index (χ0n) is 10.3. The lowest BCUT2D eigenvalue weighted by molar-refractivity contribution is -0.0597. The Labute approximate surface area is 107 Å². The summed E-state index contributed by atoms with van der Waals surface area (Å²) >= 11 is 1.77. The Morgan fingerprint density at radius 3 is 3.24 bits per heavy atom. The number of hydrogen-bond donors (Lipinski definition) is 1. The Kier molecular flexibility index (Phi) is 3.21. The van der Waals surface area contributed by atoms with Gasteiger partial charge >= 0.3 is 0 Å². The number of morpholine rings is 1. The van der Waals surface area contributed by atoms with Crippen molar-refractivity contribution >= 4 is 11.3 Å². The summed E-state index contributed by atoms with van der Waals surface area (Å²) in [4.78, 5) is 3.88. The molecular formula is C13H20N2OS. The summed E-state index contributed by atoms with van der Waals surface area (Å²) in [5, 5.41) is 2.12. The van der Waals surface area contributed by atoms with E-state index in [1.807, 2.05) is 0 Å². The maximum atomic E-state index is 6.35. The van der Waals surface area contributed by atoms with E-state index in [0.717, 1.165) is 13.2 Å². The molecule has 94 valence electrons. The highest BCUT2D eigenvalue weighted by molar-refractivity contribution is 7.10. The Morgan fingerprint density at radius 1 is 1.59 bits per heavy atom. The lowest BCUT2D eigenvalue weighted by atomic mass is 10.0. The number of aryl methyl sites for hydroxylation is 1. The van der Waals surface area contributed by atoms with Crippen LogP contribution in [0.1, 0.15) is 29.3 Å². The van der Waals surface area contributed by atoms with Gasteiger partial charge in [-0.15, -0.1) is 11.3 Å². The monoisotopic (exact) mass is 252 g/mol. The predicted octanol–water partition coefficient (Wildman–Crippen LogP) is 1.92. The van der Waals surface area contributed by atoms with Crippen molar-refractivity contribution in [3.05, 3.63) is 21.9 Å². The maximum absolute atomic E-state index is 6.35. The molecule has 4 heteroatoms. The highest BCUT2D eigenvalue weighted by Gasteiger charge is 2.35. The van der Waals surface area contributed by atoms with Gasteiger partial charge in [-0.05, 0) is 43.3 Å². The molecule has 0 bridgehead atoms. The van der Waals surface area contributed by atoms with Gasteiger partial charge in [-0.2, -0.15) is 0 Å². The van der Waals surface area contributed by atoms with Crippen LogP contribution in [0.25, 0.3) is 0 Å². The molecule has 0 aliphatic carbocycles. The molecule has 2 aliphatic heterocycles. The van der Waals surface area contributed by atoms with Crippen LogP contribution >= 0.6 is 11.3 Å². The molecule has 0 spiro atoms. The van der Waals surface area contributed by atoms with Crippen LogP contribution in [0.3, 0.4) is 0 Å². The van der Waals surface area contributed by atoms with Crippen LogP contribution < -0.4 is 5.73 Å². The van der Waals surface area contributed by atoms with Crippen molar-refractivity contribution in [3.8, 4) is 0 Å². The molecular weight excluding hydrogens is 232 g/mol. The molecule has 2 saturated heterocycles. The van der Waals surface area contributed by atoms with Crippen LogP contribution in [-0.4, -0.2) is 36.7 Å². The van der Waals surface area contributed by atoms with Gasteiger partial charge in [0.05, 0.1) is 18.8 Å². The molecule has 3 heterocycles. The van der Waals surface area contributed by atoms with Crippen LogP contribution in [-0.2, 0) is 4.74 Å². The fraction of sp³-hybridized carbons (Fsp3) is 0.692. The maximum Gasteiger partial charge on any atom is 0.0895 e. The SMILES string of the molecule is Cc1sccc1C(N)C1CN2CCCC2CO1. The van der Waals surface area contributed by atoms with Gasteiger partial charge in [0.1, 0.15) is 0 Å². The van der Waals surface area contributed by atoms with Gasteiger partial charge < -0.3 is 10.5 Å². The van der Waals surface area contributed by atoms with Gasteiger partial charge in [-0.25, -0.2) is 0 Å². The number of nitrogens with zero attached hydrogens (tertiary/aromatic N) is 1. The van der Waals surface area contributed by atoms with Crippen molar-refractivity contribution in [2.75, 3.05) is 19.7 Å². The van der Waals surface area contributed by atoms with E-state index in [-0.39, 0.29) is 12.1 Å². The molecule has 17 heavy (non-hydrogen) atoms. The zero-order valence-corrected chi connectivity index (χ0v) is 11.1. The number of thiophene rings is 1. The van der Waals surface area contributed by atoms with Crippen molar-refractivity contribution in [1.82, 2.24) is 4.90 Å². The molecule has 2 N–H and O–H groups in total. The van der Waals surface area contributed by atoms with E-state index in [1.54, 1.807) is 11.3 Å². The third-order valence-corrected chi connectivity index (χ3v) is 4.94. The quantitative estimate of drug-likeness (QED) is 0.874. The smallest absolute Gasteiger partial charge is 0.0895 e. The Morgan fingerprint density at radius 2 is 2.47 bits per heavy atom. The van der Waals surface area contributed by atoms with Crippen molar-refractivity contribution < 1.29 is 4.74 Å². The summed E-state index contributed by atoms with van der Waals surface area (Å²) in [6, 6.07) is 2.83. The first-order valence-electron chi connectivity index (χ1n) is 6.41. The molecule has 0 aromatic carbocycles. The topological polar surface area (TPSA) is 38.5 Å². The van der Waals surface area contributed by atoms with Crippen LogP contribution in [0.4, 0.5) is 0 Å². The number of nitrogens with two attached hydrogens (primary N) is 1. The zero-order chi connectivity index (χ0) is 11.8. The van der Waals surface area contributed by atoms with Crippen LogP contribution in [0.2, 0.25) is 0 Å². The highest BCUT2D eigenvalue weighted by atomic mass is 32.1. The Balaban J connectivity index is 1.71. The van der Waals surface area contributed by atoms with E-state index in [4.69, 9.17) is 10.5 Å². The van der Waals surface area contributed by atoms with Gasteiger partial charge in [0, 0.05) is 17.5 Å². The van der Waals surface area contributed by atoms with Gasteiger partial charge in [0.15, 0.2) is 0 Å². The highest BCUT2D eigenvalue weighted by Crippen LogP contribution is 2.30. The second-order valence-corrected chi connectivity index (χ2v) is 6.24. The third-order valence-electron chi connectivity index (χ3n) is 4.07. The standard InChI is InChI=1S/C13H20N2OS/c1-9-11(4-6-17-9)13(14)12-7-15-5-2-3-10(15)8-16-12/h4,6,10,12-13H,2-3,5,7-8,14H2,1H3. The lowest BCUT2D eigenvalue weighted by Gasteiger charge is -2.37. The van der Waals surface area contributed by atoms with Crippen LogP contribution in [0.15, 0.2) is 11.4 Å². The van der Waals surface area contributed by atoms with E-state index in [2.05, 4.69) is 23.3 Å². The first-order chi connectivity index (χ1) is 8.25. The molecule has 2 fully saturated rings. The van der Waals surface area contributed by atoms with Gasteiger partial charge in [0.2, 0.25) is 0 Å². The van der Waals surface area contributed by atoms with Crippen molar-refractivity contribution in [2.24, 2.45) is 5.73 Å². The van der Waals surface area contributed by atoms with Crippen molar-refractivity contribution in [1.29, 1.82) is 0 Å². The van der Waals surface area contributed by atoms with Crippen molar-refractivity contribution in [3.63, 3.8) is 0 Å². The minimum atomic E-state index is 0.0304.